The van der Waals surface area contributed by atoms with E-state index in [0.29, 0.717) is 12.0 Å². The predicted octanol–water partition coefficient (Wildman–Crippen LogP) is 1.76. The highest BCUT2D eigenvalue weighted by Crippen LogP contribution is 2.13. The zero-order valence-corrected chi connectivity index (χ0v) is 7.65. The topological polar surface area (TPSA) is 79.3 Å². The summed E-state index contributed by atoms with van der Waals surface area (Å²) in [6, 6.07) is 3.14. The zero-order chi connectivity index (χ0) is 10.6. The number of hydrogen-bond donors (Lipinski definition) is 2. The summed E-state index contributed by atoms with van der Waals surface area (Å²) in [7, 11) is 0. The molecule has 1 rings (SSSR count). The lowest BCUT2D eigenvalue weighted by Gasteiger charge is -2.04. The Hall–Kier alpha value is -1.91. The average Bonchev–Trinajstić information content (AvgIpc) is 2.16. The fraction of sp³-hybridized carbons (Fsp3) is 0.222. The van der Waals surface area contributed by atoms with Crippen molar-refractivity contribution in [2.45, 2.75) is 13.3 Å². The quantitative estimate of drug-likeness (QED) is 0.718. The third-order valence-electron chi connectivity index (χ3n) is 1.65. The van der Waals surface area contributed by atoms with Gasteiger partial charge in [0, 0.05) is 12.6 Å². The van der Waals surface area contributed by atoms with Crippen LogP contribution in [0.5, 0.6) is 0 Å². The van der Waals surface area contributed by atoms with Gasteiger partial charge in [0.15, 0.2) is 5.78 Å². The number of hydrogen-bond acceptors (Lipinski definition) is 3. The normalized spacial score (nSPS) is 9.50. The zero-order valence-electron chi connectivity index (χ0n) is 7.65. The molecular weight excluding hydrogens is 184 g/mol. The van der Waals surface area contributed by atoms with Crippen LogP contribution in [-0.2, 0) is 0 Å². The van der Waals surface area contributed by atoms with E-state index in [2.05, 4.69) is 10.3 Å². The second-order valence-electron chi connectivity index (χ2n) is 2.61. The van der Waals surface area contributed by atoms with Gasteiger partial charge in [-0.05, 0) is 12.1 Å². The Bertz CT molecular complexity index is 363. The minimum absolute atomic E-state index is 0.0897. The lowest BCUT2D eigenvalue weighted by atomic mass is 10.1. The van der Waals surface area contributed by atoms with Gasteiger partial charge in [-0.25, -0.2) is 9.78 Å². The molecule has 5 nitrogen and oxygen atoms in total. The van der Waals surface area contributed by atoms with E-state index in [1.807, 2.05) is 0 Å². The maximum atomic E-state index is 11.3. The van der Waals surface area contributed by atoms with Crippen molar-refractivity contribution >= 4 is 17.7 Å². The van der Waals surface area contributed by atoms with E-state index in [0.717, 1.165) is 0 Å². The van der Waals surface area contributed by atoms with Gasteiger partial charge in [-0.3, -0.25) is 10.1 Å². The third-order valence-corrected chi connectivity index (χ3v) is 1.65. The van der Waals surface area contributed by atoms with Gasteiger partial charge in [0.25, 0.3) is 0 Å². The van der Waals surface area contributed by atoms with Crippen molar-refractivity contribution in [2.24, 2.45) is 0 Å². The highest BCUT2D eigenvalue weighted by atomic mass is 16.4. The van der Waals surface area contributed by atoms with Crippen molar-refractivity contribution in [3.63, 3.8) is 0 Å². The van der Waals surface area contributed by atoms with Crippen molar-refractivity contribution in [1.82, 2.24) is 4.98 Å². The molecule has 0 saturated carbocycles. The van der Waals surface area contributed by atoms with Crippen molar-refractivity contribution in [3.05, 3.63) is 23.9 Å². The molecule has 1 aromatic rings. The molecule has 1 aromatic heterocycles. The van der Waals surface area contributed by atoms with Crippen LogP contribution in [0.2, 0.25) is 0 Å². The molecule has 0 atom stereocenters. The monoisotopic (exact) mass is 194 g/mol. The fourth-order valence-electron chi connectivity index (χ4n) is 1.02. The first-order valence-electron chi connectivity index (χ1n) is 4.13. The number of Topliss-reactive ketones (excluding diaryl/α,β-unsaturated/α-hetero) is 1. The lowest BCUT2D eigenvalue weighted by Crippen LogP contribution is -2.13. The second kappa shape index (κ2) is 4.36. The van der Waals surface area contributed by atoms with Gasteiger partial charge < -0.3 is 5.11 Å². The molecule has 0 radical (unpaired) electrons. The summed E-state index contributed by atoms with van der Waals surface area (Å²) >= 11 is 0. The largest absolute Gasteiger partial charge is 0.465 e. The molecule has 74 valence electrons. The number of carbonyl (C=O) groups excluding carboxylic acids is 1. The standard InChI is InChI=1S/C9H10N2O3/c1-2-7(12)6-4-3-5-10-8(6)11-9(13)14/h3-5H,2H2,1H3,(H,10,11)(H,13,14). The van der Waals surface area contributed by atoms with Gasteiger partial charge >= 0.3 is 6.09 Å². The van der Waals surface area contributed by atoms with Gasteiger partial charge in [0.05, 0.1) is 5.56 Å². The summed E-state index contributed by atoms with van der Waals surface area (Å²) in [5.74, 6) is -0.0475. The van der Waals surface area contributed by atoms with Crippen LogP contribution < -0.4 is 5.32 Å². The second-order valence-corrected chi connectivity index (χ2v) is 2.61. The van der Waals surface area contributed by atoms with Crippen LogP contribution in [-0.4, -0.2) is 22.0 Å². The summed E-state index contributed by atoms with van der Waals surface area (Å²) in [6.45, 7) is 1.71. The molecule has 0 fully saturated rings. The van der Waals surface area contributed by atoms with Crippen LogP contribution in [0.4, 0.5) is 10.6 Å². The van der Waals surface area contributed by atoms with E-state index in [1.54, 1.807) is 19.1 Å². The summed E-state index contributed by atoms with van der Waals surface area (Å²) in [5.41, 5.74) is 0.303. The highest BCUT2D eigenvalue weighted by molar-refractivity contribution is 6.02. The van der Waals surface area contributed by atoms with E-state index >= 15 is 0 Å². The minimum Gasteiger partial charge on any atom is -0.465 e. The number of amides is 1. The lowest BCUT2D eigenvalue weighted by molar-refractivity contribution is 0.0988. The molecule has 5 heteroatoms. The van der Waals surface area contributed by atoms with Crippen LogP contribution in [0.15, 0.2) is 18.3 Å². The summed E-state index contributed by atoms with van der Waals surface area (Å²) in [4.78, 5) is 25.5. The van der Waals surface area contributed by atoms with E-state index in [-0.39, 0.29) is 11.6 Å². The van der Waals surface area contributed by atoms with Crippen LogP contribution in [0.3, 0.4) is 0 Å². The molecular formula is C9H10N2O3. The van der Waals surface area contributed by atoms with E-state index < -0.39 is 6.09 Å². The van der Waals surface area contributed by atoms with Crippen LogP contribution >= 0.6 is 0 Å². The van der Waals surface area contributed by atoms with Gasteiger partial charge in [0.2, 0.25) is 0 Å². The van der Waals surface area contributed by atoms with Crippen molar-refractivity contribution in [3.8, 4) is 0 Å². The maximum Gasteiger partial charge on any atom is 0.410 e. The molecule has 0 aliphatic rings. The molecule has 2 N–H and O–H groups in total. The van der Waals surface area contributed by atoms with E-state index in [9.17, 15) is 9.59 Å². The number of anilines is 1. The summed E-state index contributed by atoms with van der Waals surface area (Å²) < 4.78 is 0. The smallest absolute Gasteiger partial charge is 0.410 e. The SMILES string of the molecule is CCC(=O)c1cccnc1NC(=O)O. The number of rotatable bonds is 3. The average molecular weight is 194 g/mol. The van der Waals surface area contributed by atoms with Crippen LogP contribution in [0, 0.1) is 0 Å². The number of carbonyl (C=O) groups is 2. The Morgan fingerprint density at radius 3 is 2.86 bits per heavy atom. The predicted molar refractivity (Wildman–Crippen MR) is 50.5 cm³/mol. The number of nitrogens with zero attached hydrogens (tertiary/aromatic N) is 1. The van der Waals surface area contributed by atoms with E-state index in [1.165, 1.54) is 6.20 Å². The molecule has 0 unspecified atom stereocenters. The molecule has 0 aliphatic carbocycles. The summed E-state index contributed by atoms with van der Waals surface area (Å²) in [5, 5.41) is 10.6. The number of carboxylic acid groups (broad SMARTS) is 1. The van der Waals surface area contributed by atoms with Gasteiger partial charge in [0.1, 0.15) is 5.82 Å². The maximum absolute atomic E-state index is 11.3. The minimum atomic E-state index is -1.23. The fourth-order valence-corrected chi connectivity index (χ4v) is 1.02. The molecule has 0 aromatic carbocycles. The Morgan fingerprint density at radius 1 is 1.57 bits per heavy atom. The van der Waals surface area contributed by atoms with E-state index in [4.69, 9.17) is 5.11 Å². The molecule has 14 heavy (non-hydrogen) atoms. The van der Waals surface area contributed by atoms with Gasteiger partial charge in [-0.1, -0.05) is 6.92 Å². The Morgan fingerprint density at radius 2 is 2.29 bits per heavy atom. The van der Waals surface area contributed by atoms with Crippen molar-refractivity contribution < 1.29 is 14.7 Å². The third kappa shape index (κ3) is 2.29. The molecule has 1 heterocycles. The molecule has 0 bridgehead atoms. The van der Waals surface area contributed by atoms with Crippen LogP contribution in [0.25, 0.3) is 0 Å². The number of ketones is 1. The molecule has 0 saturated heterocycles. The first-order valence-corrected chi connectivity index (χ1v) is 4.13. The Balaban J connectivity index is 3.02. The first-order chi connectivity index (χ1) is 6.65. The highest BCUT2D eigenvalue weighted by Gasteiger charge is 2.11. The van der Waals surface area contributed by atoms with Gasteiger partial charge in [-0.15, -0.1) is 0 Å². The number of nitrogens with one attached hydrogen (secondary N) is 1. The van der Waals surface area contributed by atoms with Crippen molar-refractivity contribution in [1.29, 1.82) is 0 Å². The van der Waals surface area contributed by atoms with Crippen LogP contribution in [0.1, 0.15) is 23.7 Å². The Labute approximate surface area is 80.8 Å². The van der Waals surface area contributed by atoms with Crippen molar-refractivity contribution in [2.75, 3.05) is 5.32 Å². The van der Waals surface area contributed by atoms with Gasteiger partial charge in [-0.2, -0.15) is 0 Å². The first kappa shape index (κ1) is 10.2. The number of pyridine rings is 1. The molecule has 0 aliphatic heterocycles. The Kier molecular flexibility index (Phi) is 3.17. The molecule has 0 spiro atoms. The summed E-state index contributed by atoms with van der Waals surface area (Å²) in [6.07, 6.45) is 0.520. The number of aromatic nitrogens is 1. The molecule has 1 amide bonds.